The summed E-state index contributed by atoms with van der Waals surface area (Å²) >= 11 is 0. The maximum atomic E-state index is 14.5. The molecule has 0 saturated heterocycles. The maximum absolute atomic E-state index is 14.5. The van der Waals surface area contributed by atoms with Crippen molar-refractivity contribution in [1.82, 2.24) is 0 Å². The van der Waals surface area contributed by atoms with Gasteiger partial charge in [-0.2, -0.15) is 114 Å². The van der Waals surface area contributed by atoms with Crippen molar-refractivity contribution in [3.8, 4) is 0 Å². The van der Waals surface area contributed by atoms with Gasteiger partial charge in [0.15, 0.2) is 0 Å². The lowest BCUT2D eigenvalue weighted by atomic mass is 9.85. The van der Waals surface area contributed by atoms with Crippen LogP contribution in [0.4, 0.5) is 114 Å². The van der Waals surface area contributed by atoms with Crippen LogP contribution in [-0.2, 0) is 4.74 Å². The summed E-state index contributed by atoms with van der Waals surface area (Å²) in [6, 6.07) is 0. The van der Waals surface area contributed by atoms with E-state index in [0.29, 0.717) is 0 Å². The van der Waals surface area contributed by atoms with Gasteiger partial charge in [0.1, 0.15) is 0 Å². The van der Waals surface area contributed by atoms with Crippen molar-refractivity contribution in [2.75, 3.05) is 13.2 Å². The standard InChI is InChI=1S/C22H16F26O/c1-3-5-9(11(23,24)13(27,28)15(31,32)17(35,36)19(39,40)21(43,44)45)7-49-8-10(6-4-2)12(25,26)14(29,30)16(33,34)18(37,38)20(41,42)22(46,47)48/h3-4,9-10H,1-2,5-8H2. The zero-order chi connectivity index (χ0) is 40.1. The number of ether oxygens (including phenoxy) is 1. The second-order valence-electron chi connectivity index (χ2n) is 9.82. The van der Waals surface area contributed by atoms with E-state index < -0.39 is 109 Å². The average Bonchev–Trinajstić information content (AvgIpc) is 2.89. The Morgan fingerprint density at radius 3 is 0.735 bits per heavy atom. The van der Waals surface area contributed by atoms with Crippen LogP contribution in [0.5, 0.6) is 0 Å². The Bertz CT molecular complexity index is 1060. The van der Waals surface area contributed by atoms with Crippen molar-refractivity contribution in [3.63, 3.8) is 0 Å². The topological polar surface area (TPSA) is 9.23 Å². The third-order valence-corrected chi connectivity index (χ3v) is 6.48. The van der Waals surface area contributed by atoms with Gasteiger partial charge in [-0.15, -0.1) is 13.2 Å². The molecular formula is C22H16F26O. The smallest absolute Gasteiger partial charge is 0.380 e. The quantitative estimate of drug-likeness (QED) is 0.0993. The van der Waals surface area contributed by atoms with E-state index in [-0.39, 0.29) is 12.2 Å². The van der Waals surface area contributed by atoms with E-state index in [2.05, 4.69) is 17.9 Å². The monoisotopic (exact) mass is 790 g/mol. The average molecular weight is 790 g/mol. The van der Waals surface area contributed by atoms with Crippen molar-refractivity contribution in [1.29, 1.82) is 0 Å². The van der Waals surface area contributed by atoms with Crippen molar-refractivity contribution in [3.05, 3.63) is 25.3 Å². The van der Waals surface area contributed by atoms with E-state index in [4.69, 9.17) is 0 Å². The lowest BCUT2D eigenvalue weighted by Gasteiger charge is -2.42. The predicted octanol–water partition coefficient (Wildman–Crippen LogP) is 10.9. The number of allylic oxidation sites excluding steroid dienone is 2. The Kier molecular flexibility index (Phi) is 12.7. The summed E-state index contributed by atoms with van der Waals surface area (Å²) in [6.45, 7) is -0.247. The van der Waals surface area contributed by atoms with E-state index >= 15 is 0 Å². The molecule has 0 aromatic carbocycles. The molecule has 0 rings (SSSR count). The first-order valence-electron chi connectivity index (χ1n) is 11.8. The largest absolute Gasteiger partial charge is 0.460 e. The number of rotatable bonds is 18. The van der Waals surface area contributed by atoms with Crippen LogP contribution in [0.1, 0.15) is 12.8 Å². The van der Waals surface area contributed by atoms with Gasteiger partial charge in [-0.25, -0.2) is 0 Å². The molecule has 2 atom stereocenters. The fourth-order valence-electron chi connectivity index (χ4n) is 3.47. The molecule has 292 valence electrons. The summed E-state index contributed by atoms with van der Waals surface area (Å²) in [7, 11) is 0. The molecule has 0 amide bonds. The minimum atomic E-state index is -8.40. The first-order valence-corrected chi connectivity index (χ1v) is 11.8. The molecular weight excluding hydrogens is 774 g/mol. The number of halogens is 26. The van der Waals surface area contributed by atoms with E-state index in [0.717, 1.165) is 0 Å². The Morgan fingerprint density at radius 1 is 0.347 bits per heavy atom. The molecule has 49 heavy (non-hydrogen) atoms. The molecule has 0 aliphatic rings. The molecule has 0 spiro atoms. The van der Waals surface area contributed by atoms with Crippen LogP contribution in [0.25, 0.3) is 0 Å². The molecule has 0 fully saturated rings. The minimum Gasteiger partial charge on any atom is -0.380 e. The first-order chi connectivity index (χ1) is 21.1. The number of hydrogen-bond donors (Lipinski definition) is 0. The van der Waals surface area contributed by atoms with Crippen LogP contribution in [0, 0.1) is 11.8 Å². The molecule has 1 nitrogen and oxygen atoms in total. The van der Waals surface area contributed by atoms with Crippen molar-refractivity contribution < 1.29 is 119 Å². The number of alkyl halides is 26. The Morgan fingerprint density at radius 2 is 0.551 bits per heavy atom. The van der Waals surface area contributed by atoms with Crippen LogP contribution in [0.15, 0.2) is 25.3 Å². The Labute approximate surface area is 254 Å². The molecule has 0 aliphatic heterocycles. The van der Waals surface area contributed by atoms with Gasteiger partial charge >= 0.3 is 71.6 Å². The van der Waals surface area contributed by atoms with E-state index in [1.165, 1.54) is 0 Å². The summed E-state index contributed by atoms with van der Waals surface area (Å²) in [5.74, 6) is -87.9. The summed E-state index contributed by atoms with van der Waals surface area (Å²) in [5, 5.41) is 0. The molecule has 0 aromatic heterocycles. The van der Waals surface area contributed by atoms with Crippen LogP contribution >= 0.6 is 0 Å². The van der Waals surface area contributed by atoms with Gasteiger partial charge < -0.3 is 4.74 Å². The Balaban J connectivity index is 6.73. The molecule has 0 N–H and O–H groups in total. The third kappa shape index (κ3) is 6.97. The van der Waals surface area contributed by atoms with Crippen LogP contribution in [0.2, 0.25) is 0 Å². The van der Waals surface area contributed by atoms with Gasteiger partial charge in [-0.1, -0.05) is 12.2 Å². The minimum absolute atomic E-state index is 0.0634. The van der Waals surface area contributed by atoms with Gasteiger partial charge in [-0.05, 0) is 12.8 Å². The summed E-state index contributed by atoms with van der Waals surface area (Å²) in [6.07, 6.45) is -19.8. The lowest BCUT2D eigenvalue weighted by Crippen LogP contribution is -2.71. The van der Waals surface area contributed by atoms with Crippen molar-refractivity contribution in [2.24, 2.45) is 11.8 Å². The second-order valence-corrected chi connectivity index (χ2v) is 9.82. The SMILES string of the molecule is C=CCC(COCC(CC=C)C(F)(F)C(F)(F)C(F)(F)C(F)(F)C(F)(F)C(F)(F)F)C(F)(F)C(F)(F)C(F)(F)C(F)(F)C(F)(F)C(F)(F)F. The fraction of sp³-hybridized carbons (Fsp3) is 0.818. The van der Waals surface area contributed by atoms with Crippen LogP contribution in [0.3, 0.4) is 0 Å². The molecule has 27 heteroatoms. The van der Waals surface area contributed by atoms with Crippen molar-refractivity contribution >= 4 is 0 Å². The highest BCUT2D eigenvalue weighted by Gasteiger charge is 2.92. The molecule has 0 aromatic rings. The predicted molar refractivity (Wildman–Crippen MR) is 109 cm³/mol. The van der Waals surface area contributed by atoms with E-state index in [9.17, 15) is 114 Å². The number of hydrogen-bond acceptors (Lipinski definition) is 1. The molecule has 2 unspecified atom stereocenters. The van der Waals surface area contributed by atoms with Gasteiger partial charge in [-0.3, -0.25) is 0 Å². The zero-order valence-corrected chi connectivity index (χ0v) is 22.8. The summed E-state index contributed by atoms with van der Waals surface area (Å²) in [4.78, 5) is 0. The highest BCUT2D eigenvalue weighted by Crippen LogP contribution is 2.63. The molecule has 0 heterocycles. The third-order valence-electron chi connectivity index (χ3n) is 6.48. The summed E-state index contributed by atoms with van der Waals surface area (Å²) in [5.41, 5.74) is 0. The molecule has 0 bridgehead atoms. The van der Waals surface area contributed by atoms with E-state index in [1.807, 2.05) is 0 Å². The fourth-order valence-corrected chi connectivity index (χ4v) is 3.47. The molecule has 0 radical (unpaired) electrons. The normalized spacial score (nSPS) is 17.2. The zero-order valence-electron chi connectivity index (χ0n) is 22.8. The second kappa shape index (κ2) is 13.3. The van der Waals surface area contributed by atoms with Gasteiger partial charge in [0.25, 0.3) is 0 Å². The maximum Gasteiger partial charge on any atom is 0.460 e. The first kappa shape index (κ1) is 46.6. The van der Waals surface area contributed by atoms with Gasteiger partial charge in [0.05, 0.1) is 25.0 Å². The molecule has 0 saturated carbocycles. The summed E-state index contributed by atoms with van der Waals surface area (Å²) < 4.78 is 353. The van der Waals surface area contributed by atoms with Crippen molar-refractivity contribution in [2.45, 2.75) is 84.4 Å². The van der Waals surface area contributed by atoms with Crippen LogP contribution < -0.4 is 0 Å². The Hall–Kier alpha value is -2.38. The van der Waals surface area contributed by atoms with Crippen LogP contribution in [-0.4, -0.2) is 84.8 Å². The lowest BCUT2D eigenvalue weighted by molar-refractivity contribution is -0.444. The highest BCUT2D eigenvalue weighted by molar-refractivity contribution is 5.13. The highest BCUT2D eigenvalue weighted by atomic mass is 19.4. The van der Waals surface area contributed by atoms with Gasteiger partial charge in [0, 0.05) is 0 Å². The molecule has 0 aliphatic carbocycles. The van der Waals surface area contributed by atoms with Gasteiger partial charge in [0.2, 0.25) is 0 Å². The van der Waals surface area contributed by atoms with E-state index in [1.54, 1.807) is 0 Å².